The summed E-state index contributed by atoms with van der Waals surface area (Å²) in [5.74, 6) is -1.37. The lowest BCUT2D eigenvalue weighted by Crippen LogP contribution is -2.43. The number of carboxylic acids is 1. The smallest absolute Gasteiger partial charge is 0.331 e. The number of aliphatic carboxylic acids is 1. The van der Waals surface area contributed by atoms with Crippen molar-refractivity contribution in [3.05, 3.63) is 53.3 Å². The molecule has 1 aliphatic heterocycles. The van der Waals surface area contributed by atoms with E-state index in [1.807, 2.05) is 12.1 Å². The van der Waals surface area contributed by atoms with Crippen LogP contribution in [0.2, 0.25) is 0 Å². The number of carbonyl (C=O) groups excluding carboxylic acids is 1. The monoisotopic (exact) mass is 285 g/mol. The van der Waals surface area contributed by atoms with Crippen molar-refractivity contribution in [3.63, 3.8) is 0 Å². The minimum Gasteiger partial charge on any atom is -0.479 e. The van der Waals surface area contributed by atoms with Gasteiger partial charge in [0.2, 0.25) is 0 Å². The van der Waals surface area contributed by atoms with Crippen LogP contribution in [0.5, 0.6) is 0 Å². The second-order valence-electron chi connectivity index (χ2n) is 5.06. The highest BCUT2D eigenvalue weighted by atomic mass is 16.4. The number of hydrogen-bond donors (Lipinski definition) is 1. The fourth-order valence-electron chi connectivity index (χ4n) is 2.73. The molecule has 108 valence electrons. The molecule has 1 aromatic carbocycles. The molecule has 1 unspecified atom stereocenters. The molecule has 0 saturated heterocycles. The number of hydrogen-bond acceptors (Lipinski definition) is 3. The third-order valence-electron chi connectivity index (χ3n) is 3.71. The minimum absolute atomic E-state index is 0.267. The number of aryl methyl sites for hydroxylation is 1. The van der Waals surface area contributed by atoms with E-state index in [0.717, 1.165) is 5.56 Å². The quantitative estimate of drug-likeness (QED) is 0.901. The first-order chi connectivity index (χ1) is 10.1. The number of amides is 1. The molecule has 6 heteroatoms. The van der Waals surface area contributed by atoms with Crippen LogP contribution in [0.25, 0.3) is 0 Å². The molecule has 2 aromatic rings. The summed E-state index contributed by atoms with van der Waals surface area (Å²) in [5, 5.41) is 13.6. The topological polar surface area (TPSA) is 75.4 Å². The maximum Gasteiger partial charge on any atom is 0.331 e. The van der Waals surface area contributed by atoms with Gasteiger partial charge >= 0.3 is 5.97 Å². The molecule has 0 radical (unpaired) electrons. The predicted molar refractivity (Wildman–Crippen MR) is 74.8 cm³/mol. The molecular formula is C15H15N3O3. The van der Waals surface area contributed by atoms with Gasteiger partial charge in [0.15, 0.2) is 6.04 Å². The van der Waals surface area contributed by atoms with Crippen molar-refractivity contribution in [2.24, 2.45) is 7.05 Å². The van der Waals surface area contributed by atoms with E-state index in [4.69, 9.17) is 0 Å². The Morgan fingerprint density at radius 2 is 2.05 bits per heavy atom. The molecule has 1 aliphatic rings. The van der Waals surface area contributed by atoms with Crippen molar-refractivity contribution in [2.45, 2.75) is 12.5 Å². The van der Waals surface area contributed by atoms with E-state index >= 15 is 0 Å². The van der Waals surface area contributed by atoms with Crippen molar-refractivity contribution in [1.82, 2.24) is 14.7 Å². The Bertz CT molecular complexity index is 708. The Balaban J connectivity index is 1.99. The number of fused-ring (bicyclic) bond motifs is 1. The van der Waals surface area contributed by atoms with Crippen LogP contribution in [-0.2, 0) is 18.3 Å². The summed E-state index contributed by atoms with van der Waals surface area (Å²) >= 11 is 0. The van der Waals surface area contributed by atoms with E-state index in [1.54, 1.807) is 31.4 Å². The standard InChI is InChI=1S/C15H15N3O3/c1-17-8-7-12(16-17)14(19)18-9-6-10-4-2-3-5-11(10)13(18)15(20)21/h2-5,7-8,13H,6,9H2,1H3,(H,20,21). The van der Waals surface area contributed by atoms with Gasteiger partial charge in [-0.2, -0.15) is 5.10 Å². The molecule has 1 N–H and O–H groups in total. The van der Waals surface area contributed by atoms with Gasteiger partial charge in [-0.3, -0.25) is 9.48 Å². The zero-order chi connectivity index (χ0) is 15.0. The molecule has 0 bridgehead atoms. The minimum atomic E-state index is -1.02. The fourth-order valence-corrected chi connectivity index (χ4v) is 2.73. The summed E-state index contributed by atoms with van der Waals surface area (Å²) < 4.78 is 1.53. The van der Waals surface area contributed by atoms with Crippen LogP contribution in [0.4, 0.5) is 0 Å². The lowest BCUT2D eigenvalue weighted by Gasteiger charge is -2.34. The van der Waals surface area contributed by atoms with Crippen molar-refractivity contribution in [1.29, 1.82) is 0 Å². The molecule has 2 heterocycles. The van der Waals surface area contributed by atoms with Crippen LogP contribution >= 0.6 is 0 Å². The van der Waals surface area contributed by atoms with Gasteiger partial charge in [-0.1, -0.05) is 24.3 Å². The van der Waals surface area contributed by atoms with Crippen LogP contribution in [0.15, 0.2) is 36.5 Å². The zero-order valence-corrected chi connectivity index (χ0v) is 11.6. The highest BCUT2D eigenvalue weighted by Crippen LogP contribution is 2.30. The first-order valence-corrected chi connectivity index (χ1v) is 6.69. The maximum atomic E-state index is 12.5. The Kier molecular flexibility index (Phi) is 3.21. The molecule has 0 saturated carbocycles. The molecule has 0 fully saturated rings. The second kappa shape index (κ2) is 5.05. The van der Waals surface area contributed by atoms with Gasteiger partial charge in [0.05, 0.1) is 0 Å². The van der Waals surface area contributed by atoms with Gasteiger partial charge in [0.25, 0.3) is 5.91 Å². The number of aromatic nitrogens is 2. The average Bonchev–Trinajstić information content (AvgIpc) is 2.91. The lowest BCUT2D eigenvalue weighted by molar-refractivity contribution is -0.143. The molecule has 3 rings (SSSR count). The normalized spacial score (nSPS) is 17.4. The molecule has 0 aliphatic carbocycles. The third-order valence-corrected chi connectivity index (χ3v) is 3.71. The number of carboxylic acid groups (broad SMARTS) is 1. The van der Waals surface area contributed by atoms with Crippen LogP contribution in [0.3, 0.4) is 0 Å². The molecule has 21 heavy (non-hydrogen) atoms. The van der Waals surface area contributed by atoms with Gasteiger partial charge in [0, 0.05) is 19.8 Å². The van der Waals surface area contributed by atoms with Crippen LogP contribution in [-0.4, -0.2) is 38.2 Å². The number of benzene rings is 1. The van der Waals surface area contributed by atoms with Crippen LogP contribution in [0, 0.1) is 0 Å². The Morgan fingerprint density at radius 1 is 1.29 bits per heavy atom. The van der Waals surface area contributed by atoms with Gasteiger partial charge in [0.1, 0.15) is 5.69 Å². The van der Waals surface area contributed by atoms with E-state index in [-0.39, 0.29) is 11.6 Å². The van der Waals surface area contributed by atoms with Crippen molar-refractivity contribution in [2.75, 3.05) is 6.54 Å². The van der Waals surface area contributed by atoms with Crippen LogP contribution in [0.1, 0.15) is 27.7 Å². The first kappa shape index (κ1) is 13.4. The third kappa shape index (κ3) is 2.29. The van der Waals surface area contributed by atoms with E-state index in [1.165, 1.54) is 9.58 Å². The van der Waals surface area contributed by atoms with Gasteiger partial charge in [-0.25, -0.2) is 4.79 Å². The fraction of sp³-hybridized carbons (Fsp3) is 0.267. The van der Waals surface area contributed by atoms with Crippen molar-refractivity contribution >= 4 is 11.9 Å². The summed E-state index contributed by atoms with van der Waals surface area (Å²) in [7, 11) is 1.72. The number of nitrogens with zero attached hydrogens (tertiary/aromatic N) is 3. The Morgan fingerprint density at radius 3 is 2.71 bits per heavy atom. The second-order valence-corrected chi connectivity index (χ2v) is 5.06. The molecule has 1 atom stereocenters. The lowest BCUT2D eigenvalue weighted by atomic mass is 9.92. The van der Waals surface area contributed by atoms with Crippen LogP contribution < -0.4 is 0 Å². The SMILES string of the molecule is Cn1ccc(C(=O)N2CCc3ccccc3C2C(=O)O)n1. The Hall–Kier alpha value is -2.63. The van der Waals surface area contributed by atoms with E-state index in [9.17, 15) is 14.7 Å². The number of rotatable bonds is 2. The summed E-state index contributed by atoms with van der Waals surface area (Å²) in [6.45, 7) is 0.378. The highest BCUT2D eigenvalue weighted by Gasteiger charge is 2.36. The van der Waals surface area contributed by atoms with E-state index in [0.29, 0.717) is 18.5 Å². The molecule has 1 aromatic heterocycles. The number of carbonyl (C=O) groups is 2. The molecule has 1 amide bonds. The van der Waals surface area contributed by atoms with Crippen molar-refractivity contribution < 1.29 is 14.7 Å². The van der Waals surface area contributed by atoms with E-state index < -0.39 is 12.0 Å². The maximum absolute atomic E-state index is 12.5. The average molecular weight is 285 g/mol. The van der Waals surface area contributed by atoms with Crippen molar-refractivity contribution in [3.8, 4) is 0 Å². The van der Waals surface area contributed by atoms with E-state index in [2.05, 4.69) is 5.10 Å². The van der Waals surface area contributed by atoms with Gasteiger partial charge < -0.3 is 10.0 Å². The molecular weight excluding hydrogens is 270 g/mol. The highest BCUT2D eigenvalue weighted by molar-refractivity contribution is 5.95. The largest absolute Gasteiger partial charge is 0.479 e. The Labute approximate surface area is 121 Å². The zero-order valence-electron chi connectivity index (χ0n) is 11.6. The summed E-state index contributed by atoms with van der Waals surface area (Å²) in [6.07, 6.45) is 2.32. The predicted octanol–water partition coefficient (Wildman–Crippen LogP) is 1.24. The summed E-state index contributed by atoms with van der Waals surface area (Å²) in [6, 6.07) is 8.00. The molecule has 0 spiro atoms. The summed E-state index contributed by atoms with van der Waals surface area (Å²) in [5.41, 5.74) is 1.93. The van der Waals surface area contributed by atoms with Gasteiger partial charge in [-0.05, 0) is 23.6 Å². The summed E-state index contributed by atoms with van der Waals surface area (Å²) in [4.78, 5) is 25.6. The molecule has 6 nitrogen and oxygen atoms in total. The first-order valence-electron chi connectivity index (χ1n) is 6.69. The van der Waals surface area contributed by atoms with Gasteiger partial charge in [-0.15, -0.1) is 0 Å².